The summed E-state index contributed by atoms with van der Waals surface area (Å²) in [5.74, 6) is 4.22. The maximum Gasteiger partial charge on any atom is 0.267 e. The molecule has 0 radical (unpaired) electrons. The van der Waals surface area contributed by atoms with Gasteiger partial charge in [0.2, 0.25) is 11.7 Å². The molecule has 5 rings (SSSR count). The normalized spacial score (nSPS) is 11.8. The number of aromatic nitrogens is 6. The Morgan fingerprint density at radius 3 is 2.63 bits per heavy atom. The first kappa shape index (κ1) is 21.8. The van der Waals surface area contributed by atoms with E-state index in [0.29, 0.717) is 45.3 Å². The van der Waals surface area contributed by atoms with Gasteiger partial charge >= 0.3 is 0 Å². The molecule has 3 N–H and O–H groups in total. The second-order valence-electron chi connectivity index (χ2n) is 7.78. The van der Waals surface area contributed by atoms with Gasteiger partial charge in [0.05, 0.1) is 22.6 Å². The highest BCUT2D eigenvalue weighted by molar-refractivity contribution is 5.85. The van der Waals surface area contributed by atoms with Crippen molar-refractivity contribution in [1.29, 1.82) is 0 Å². The summed E-state index contributed by atoms with van der Waals surface area (Å²) in [6.07, 6.45) is 7.01. The van der Waals surface area contributed by atoms with Crippen LogP contribution in [0.1, 0.15) is 30.2 Å². The molecular weight excluding hydrogens is 444 g/mol. The third-order valence-corrected chi connectivity index (χ3v) is 5.46. The average Bonchev–Trinajstić information content (AvgIpc) is 3.29. The van der Waals surface area contributed by atoms with Crippen molar-refractivity contribution in [2.75, 3.05) is 11.1 Å². The fourth-order valence-corrected chi connectivity index (χ4v) is 3.88. The fraction of sp³-hybridized carbons (Fsp3) is 0.120. The topological polar surface area (TPSA) is 138 Å². The molecule has 0 aliphatic carbocycles. The van der Waals surface area contributed by atoms with Gasteiger partial charge in [-0.1, -0.05) is 35.3 Å². The number of hydrogen-bond donors (Lipinski definition) is 2. The van der Waals surface area contributed by atoms with Crippen molar-refractivity contribution in [1.82, 2.24) is 29.7 Å². The predicted molar refractivity (Wildman–Crippen MR) is 132 cm³/mol. The standard InChI is InChI=1S/C25H20N8O2/c1-4-16-9-8-12-18-19(16)25(34)33(17-10-6-5-7-11-17)24(31-18)14(2)29-22-20(21(26)27-13-28-22)23-30-15(3)35-32-23/h1,5-14H,2-3H3,(H3,26,27,28,29)/t14-/m0/s1. The molecule has 35 heavy (non-hydrogen) atoms. The Morgan fingerprint density at radius 2 is 1.91 bits per heavy atom. The number of nitrogens with zero attached hydrogens (tertiary/aromatic N) is 6. The number of benzene rings is 2. The van der Waals surface area contributed by atoms with Crippen LogP contribution >= 0.6 is 0 Å². The van der Waals surface area contributed by atoms with Crippen LogP contribution in [0.2, 0.25) is 0 Å². The number of anilines is 2. The molecule has 3 aromatic heterocycles. The summed E-state index contributed by atoms with van der Waals surface area (Å²) in [7, 11) is 0. The third-order valence-electron chi connectivity index (χ3n) is 5.46. The Kier molecular flexibility index (Phi) is 5.43. The fourth-order valence-electron chi connectivity index (χ4n) is 3.88. The minimum Gasteiger partial charge on any atom is -0.383 e. The largest absolute Gasteiger partial charge is 0.383 e. The van der Waals surface area contributed by atoms with E-state index in [1.165, 1.54) is 6.33 Å². The van der Waals surface area contributed by atoms with Gasteiger partial charge in [-0.15, -0.1) is 6.42 Å². The van der Waals surface area contributed by atoms with Gasteiger partial charge in [-0.05, 0) is 31.2 Å². The number of nitrogens with one attached hydrogen (secondary N) is 1. The molecule has 0 aliphatic heterocycles. The number of rotatable bonds is 5. The number of terminal acetylenes is 1. The Bertz CT molecular complexity index is 1650. The van der Waals surface area contributed by atoms with Gasteiger partial charge in [0, 0.05) is 12.5 Å². The highest BCUT2D eigenvalue weighted by Gasteiger charge is 2.23. The van der Waals surface area contributed by atoms with Gasteiger partial charge in [-0.25, -0.2) is 15.0 Å². The van der Waals surface area contributed by atoms with Gasteiger partial charge < -0.3 is 15.6 Å². The van der Waals surface area contributed by atoms with Crippen molar-refractivity contribution in [3.8, 4) is 29.4 Å². The van der Waals surface area contributed by atoms with Crippen molar-refractivity contribution in [2.45, 2.75) is 19.9 Å². The summed E-state index contributed by atoms with van der Waals surface area (Å²) in [4.78, 5) is 31.2. The van der Waals surface area contributed by atoms with Crippen LogP contribution in [-0.4, -0.2) is 29.7 Å². The molecular formula is C25H20N8O2. The molecule has 10 nitrogen and oxygen atoms in total. The first-order valence-corrected chi connectivity index (χ1v) is 10.7. The van der Waals surface area contributed by atoms with Crippen LogP contribution in [0.3, 0.4) is 0 Å². The first-order valence-electron chi connectivity index (χ1n) is 10.7. The lowest BCUT2D eigenvalue weighted by atomic mass is 10.1. The van der Waals surface area contributed by atoms with E-state index >= 15 is 0 Å². The second-order valence-corrected chi connectivity index (χ2v) is 7.78. The lowest BCUT2D eigenvalue weighted by Gasteiger charge is -2.21. The number of hydrogen-bond acceptors (Lipinski definition) is 9. The highest BCUT2D eigenvalue weighted by atomic mass is 16.5. The summed E-state index contributed by atoms with van der Waals surface area (Å²) in [6.45, 7) is 3.54. The number of nitrogens with two attached hydrogens (primary N) is 1. The number of nitrogen functional groups attached to an aromatic ring is 1. The number of para-hydroxylation sites is 1. The zero-order chi connectivity index (χ0) is 24.5. The molecule has 10 heteroatoms. The SMILES string of the molecule is C#Cc1cccc2nc([C@H](C)Nc3ncnc(N)c3-c3noc(C)n3)n(-c3ccccc3)c(=O)c12. The molecule has 0 aliphatic rings. The van der Waals surface area contributed by atoms with Crippen LogP contribution in [0, 0.1) is 19.3 Å². The second kappa shape index (κ2) is 8.72. The molecule has 0 unspecified atom stereocenters. The van der Waals surface area contributed by atoms with E-state index in [1.54, 1.807) is 29.7 Å². The third kappa shape index (κ3) is 3.85. The smallest absolute Gasteiger partial charge is 0.267 e. The van der Waals surface area contributed by atoms with E-state index < -0.39 is 6.04 Å². The number of aryl methyl sites for hydroxylation is 1. The minimum atomic E-state index is -0.497. The monoisotopic (exact) mass is 464 g/mol. The van der Waals surface area contributed by atoms with Gasteiger partial charge in [0.1, 0.15) is 29.4 Å². The summed E-state index contributed by atoms with van der Waals surface area (Å²) < 4.78 is 6.65. The Balaban J connectivity index is 1.69. The summed E-state index contributed by atoms with van der Waals surface area (Å²) in [5, 5.41) is 7.62. The Morgan fingerprint density at radius 1 is 1.11 bits per heavy atom. The molecule has 172 valence electrons. The van der Waals surface area contributed by atoms with Gasteiger partial charge in [0.25, 0.3) is 5.56 Å². The van der Waals surface area contributed by atoms with Crippen LogP contribution in [0.5, 0.6) is 0 Å². The van der Waals surface area contributed by atoms with Crippen molar-refractivity contribution in [3.05, 3.63) is 82.5 Å². The highest BCUT2D eigenvalue weighted by Crippen LogP contribution is 2.31. The zero-order valence-electron chi connectivity index (χ0n) is 18.9. The van der Waals surface area contributed by atoms with Gasteiger partial charge in [-0.3, -0.25) is 9.36 Å². The summed E-state index contributed by atoms with van der Waals surface area (Å²) in [5.41, 5.74) is 7.88. The summed E-state index contributed by atoms with van der Waals surface area (Å²) >= 11 is 0. The van der Waals surface area contributed by atoms with Gasteiger partial charge in [-0.2, -0.15) is 4.98 Å². The first-order chi connectivity index (χ1) is 17.0. The minimum absolute atomic E-state index is 0.182. The van der Waals surface area contributed by atoms with Crippen molar-refractivity contribution < 1.29 is 4.52 Å². The van der Waals surface area contributed by atoms with Crippen molar-refractivity contribution in [2.24, 2.45) is 0 Å². The van der Waals surface area contributed by atoms with E-state index in [1.807, 2.05) is 37.3 Å². The van der Waals surface area contributed by atoms with Crippen molar-refractivity contribution in [3.63, 3.8) is 0 Å². The average molecular weight is 464 g/mol. The van der Waals surface area contributed by atoms with Crippen LogP contribution in [0.15, 0.2) is 64.2 Å². The van der Waals surface area contributed by atoms with E-state index in [9.17, 15) is 4.79 Å². The maximum atomic E-state index is 13.8. The molecule has 0 saturated heterocycles. The van der Waals surface area contributed by atoms with Crippen molar-refractivity contribution >= 4 is 22.5 Å². The zero-order valence-corrected chi connectivity index (χ0v) is 18.9. The molecule has 3 heterocycles. The lowest BCUT2D eigenvalue weighted by molar-refractivity contribution is 0.394. The number of fused-ring (bicyclic) bond motifs is 1. The molecule has 2 aromatic carbocycles. The molecule has 0 amide bonds. The Hall–Kier alpha value is -5.04. The Labute approximate surface area is 199 Å². The van der Waals surface area contributed by atoms with E-state index in [-0.39, 0.29) is 17.2 Å². The van der Waals surface area contributed by atoms with E-state index in [0.717, 1.165) is 0 Å². The molecule has 0 fully saturated rings. The molecule has 5 aromatic rings. The van der Waals surface area contributed by atoms with Crippen LogP contribution in [0.25, 0.3) is 28.0 Å². The molecule has 0 saturated carbocycles. The van der Waals surface area contributed by atoms with E-state index in [4.69, 9.17) is 21.7 Å². The molecule has 0 bridgehead atoms. The van der Waals surface area contributed by atoms with Crippen LogP contribution in [0.4, 0.5) is 11.6 Å². The summed E-state index contributed by atoms with van der Waals surface area (Å²) in [6, 6.07) is 14.0. The lowest BCUT2D eigenvalue weighted by Crippen LogP contribution is -2.28. The van der Waals surface area contributed by atoms with Gasteiger partial charge in [0.15, 0.2) is 0 Å². The quantitative estimate of drug-likeness (QED) is 0.375. The van der Waals surface area contributed by atoms with E-state index in [2.05, 4.69) is 31.3 Å². The molecule has 1 atom stereocenters. The van der Waals surface area contributed by atoms with Crippen LogP contribution in [-0.2, 0) is 0 Å². The maximum absolute atomic E-state index is 13.8. The molecule has 0 spiro atoms. The predicted octanol–water partition coefficient (Wildman–Crippen LogP) is 3.27. The van der Waals surface area contributed by atoms with Crippen LogP contribution < -0.4 is 16.6 Å².